The topological polar surface area (TPSA) is 29.5 Å². The summed E-state index contributed by atoms with van der Waals surface area (Å²) in [5.41, 5.74) is 0. The summed E-state index contributed by atoms with van der Waals surface area (Å²) < 4.78 is 5.51. The maximum Gasteiger partial charge on any atom is 0.0603 e. The van der Waals surface area contributed by atoms with Crippen LogP contribution in [0.25, 0.3) is 0 Å². The van der Waals surface area contributed by atoms with E-state index in [1.54, 1.807) is 0 Å². The van der Waals surface area contributed by atoms with Gasteiger partial charge in [-0.2, -0.15) is 0 Å². The zero-order chi connectivity index (χ0) is 9.97. The molecule has 2 fully saturated rings. The van der Waals surface area contributed by atoms with E-state index in [-0.39, 0.29) is 6.10 Å². The summed E-state index contributed by atoms with van der Waals surface area (Å²) in [6, 6.07) is 0. The van der Waals surface area contributed by atoms with Crippen LogP contribution < -0.4 is 0 Å². The van der Waals surface area contributed by atoms with Gasteiger partial charge in [-0.25, -0.2) is 0 Å². The highest BCUT2D eigenvalue weighted by molar-refractivity contribution is 4.88. The van der Waals surface area contributed by atoms with Crippen LogP contribution in [0.1, 0.15) is 44.9 Å². The summed E-state index contributed by atoms with van der Waals surface area (Å²) in [5, 5.41) is 9.99. The van der Waals surface area contributed by atoms with Crippen molar-refractivity contribution in [2.24, 2.45) is 11.8 Å². The third-order valence-electron chi connectivity index (χ3n) is 4.14. The van der Waals surface area contributed by atoms with Crippen molar-refractivity contribution in [1.29, 1.82) is 0 Å². The van der Waals surface area contributed by atoms with E-state index in [1.807, 2.05) is 7.11 Å². The molecule has 2 saturated carbocycles. The molecule has 2 aliphatic carbocycles. The SMILES string of the molecule is COC1CCCC1C1CCCCC1O. The molecule has 2 rings (SSSR count). The Morgan fingerprint density at radius 1 is 0.929 bits per heavy atom. The Morgan fingerprint density at radius 2 is 1.64 bits per heavy atom. The smallest absolute Gasteiger partial charge is 0.0603 e. The Labute approximate surface area is 86.6 Å². The maximum atomic E-state index is 9.99. The van der Waals surface area contributed by atoms with E-state index in [2.05, 4.69) is 0 Å². The molecule has 2 heteroatoms. The molecule has 0 radical (unpaired) electrons. The summed E-state index contributed by atoms with van der Waals surface area (Å²) in [4.78, 5) is 0. The van der Waals surface area contributed by atoms with E-state index in [0.717, 1.165) is 6.42 Å². The molecule has 14 heavy (non-hydrogen) atoms. The fourth-order valence-corrected chi connectivity index (χ4v) is 3.38. The highest BCUT2D eigenvalue weighted by Crippen LogP contribution is 2.40. The van der Waals surface area contributed by atoms with Crippen LogP contribution in [-0.2, 0) is 4.74 Å². The van der Waals surface area contributed by atoms with Gasteiger partial charge in [0, 0.05) is 7.11 Å². The van der Waals surface area contributed by atoms with Gasteiger partial charge in [-0.1, -0.05) is 19.3 Å². The van der Waals surface area contributed by atoms with Crippen LogP contribution >= 0.6 is 0 Å². The maximum absolute atomic E-state index is 9.99. The molecular formula is C12H22O2. The molecule has 0 bridgehead atoms. The van der Waals surface area contributed by atoms with Crippen molar-refractivity contribution >= 4 is 0 Å². The number of aliphatic hydroxyl groups excluding tert-OH is 1. The van der Waals surface area contributed by atoms with Crippen LogP contribution in [0.2, 0.25) is 0 Å². The van der Waals surface area contributed by atoms with E-state index in [0.29, 0.717) is 17.9 Å². The highest BCUT2D eigenvalue weighted by atomic mass is 16.5. The van der Waals surface area contributed by atoms with Crippen LogP contribution in [0.3, 0.4) is 0 Å². The van der Waals surface area contributed by atoms with E-state index < -0.39 is 0 Å². The molecule has 4 atom stereocenters. The number of rotatable bonds is 2. The summed E-state index contributed by atoms with van der Waals surface area (Å²) in [7, 11) is 1.82. The van der Waals surface area contributed by atoms with Gasteiger partial charge in [-0.15, -0.1) is 0 Å². The van der Waals surface area contributed by atoms with Crippen molar-refractivity contribution in [3.8, 4) is 0 Å². The van der Waals surface area contributed by atoms with Crippen LogP contribution in [0.5, 0.6) is 0 Å². The minimum atomic E-state index is -0.0514. The number of hydrogen-bond donors (Lipinski definition) is 1. The van der Waals surface area contributed by atoms with Crippen LogP contribution in [0.15, 0.2) is 0 Å². The fraction of sp³-hybridized carbons (Fsp3) is 1.00. The minimum Gasteiger partial charge on any atom is -0.393 e. The third-order valence-corrected chi connectivity index (χ3v) is 4.14. The lowest BCUT2D eigenvalue weighted by Gasteiger charge is -2.34. The van der Waals surface area contributed by atoms with Gasteiger partial charge in [0.1, 0.15) is 0 Å². The first-order valence-corrected chi connectivity index (χ1v) is 6.04. The number of ether oxygens (including phenoxy) is 1. The normalized spacial score (nSPS) is 44.1. The Balaban J connectivity index is 1.97. The highest BCUT2D eigenvalue weighted by Gasteiger charge is 2.38. The van der Waals surface area contributed by atoms with Crippen molar-refractivity contribution in [3.63, 3.8) is 0 Å². The lowest BCUT2D eigenvalue weighted by molar-refractivity contribution is -0.0177. The first-order valence-electron chi connectivity index (χ1n) is 6.04. The van der Waals surface area contributed by atoms with E-state index in [9.17, 15) is 5.11 Å². The molecule has 0 aliphatic heterocycles. The molecule has 0 amide bonds. The zero-order valence-corrected chi connectivity index (χ0v) is 9.11. The molecule has 0 heterocycles. The fourth-order valence-electron chi connectivity index (χ4n) is 3.38. The van der Waals surface area contributed by atoms with Gasteiger partial charge in [-0.05, 0) is 37.5 Å². The number of aliphatic hydroxyl groups is 1. The molecule has 0 aromatic carbocycles. The molecule has 0 saturated heterocycles. The molecule has 1 N–H and O–H groups in total. The van der Waals surface area contributed by atoms with E-state index in [1.165, 1.54) is 38.5 Å². The van der Waals surface area contributed by atoms with Crippen LogP contribution in [-0.4, -0.2) is 24.4 Å². The number of hydrogen-bond acceptors (Lipinski definition) is 2. The van der Waals surface area contributed by atoms with E-state index >= 15 is 0 Å². The van der Waals surface area contributed by atoms with Crippen molar-refractivity contribution in [2.75, 3.05) is 7.11 Å². The van der Waals surface area contributed by atoms with Gasteiger partial charge in [0.2, 0.25) is 0 Å². The van der Waals surface area contributed by atoms with Gasteiger partial charge in [0.05, 0.1) is 12.2 Å². The monoisotopic (exact) mass is 198 g/mol. The molecule has 82 valence electrons. The van der Waals surface area contributed by atoms with Gasteiger partial charge < -0.3 is 9.84 Å². The lowest BCUT2D eigenvalue weighted by Crippen LogP contribution is -2.35. The Bertz CT molecular complexity index is 181. The standard InChI is InChI=1S/C12H22O2/c1-14-12-8-4-6-10(12)9-5-2-3-7-11(9)13/h9-13H,2-8H2,1H3. The molecule has 4 unspecified atom stereocenters. The van der Waals surface area contributed by atoms with Gasteiger partial charge in [-0.3, -0.25) is 0 Å². The zero-order valence-electron chi connectivity index (χ0n) is 9.11. The molecule has 0 aromatic heterocycles. The molecule has 0 aromatic rings. The van der Waals surface area contributed by atoms with Gasteiger partial charge >= 0.3 is 0 Å². The molecular weight excluding hydrogens is 176 g/mol. The van der Waals surface area contributed by atoms with Crippen LogP contribution in [0.4, 0.5) is 0 Å². The largest absolute Gasteiger partial charge is 0.393 e. The summed E-state index contributed by atoms with van der Waals surface area (Å²) in [5.74, 6) is 1.16. The van der Waals surface area contributed by atoms with Crippen LogP contribution in [0, 0.1) is 11.8 Å². The second kappa shape index (κ2) is 4.63. The molecule has 0 spiro atoms. The molecule has 2 nitrogen and oxygen atoms in total. The summed E-state index contributed by atoms with van der Waals surface area (Å²) >= 11 is 0. The average molecular weight is 198 g/mol. The first-order chi connectivity index (χ1) is 6.83. The van der Waals surface area contributed by atoms with Gasteiger partial charge in [0.25, 0.3) is 0 Å². The number of methoxy groups -OCH3 is 1. The second-order valence-electron chi connectivity index (χ2n) is 4.88. The van der Waals surface area contributed by atoms with Crippen molar-refractivity contribution < 1.29 is 9.84 Å². The van der Waals surface area contributed by atoms with Gasteiger partial charge in [0.15, 0.2) is 0 Å². The Kier molecular flexibility index (Phi) is 3.45. The van der Waals surface area contributed by atoms with Crippen molar-refractivity contribution in [2.45, 2.75) is 57.2 Å². The minimum absolute atomic E-state index is 0.0514. The summed E-state index contributed by atoms with van der Waals surface area (Å²) in [6.07, 6.45) is 8.86. The molecule has 2 aliphatic rings. The van der Waals surface area contributed by atoms with Crippen molar-refractivity contribution in [3.05, 3.63) is 0 Å². The average Bonchev–Trinajstić information content (AvgIpc) is 2.66. The Hall–Kier alpha value is -0.0800. The Morgan fingerprint density at radius 3 is 2.36 bits per heavy atom. The summed E-state index contributed by atoms with van der Waals surface area (Å²) in [6.45, 7) is 0. The lowest BCUT2D eigenvalue weighted by atomic mass is 9.76. The van der Waals surface area contributed by atoms with Crippen molar-refractivity contribution in [1.82, 2.24) is 0 Å². The second-order valence-corrected chi connectivity index (χ2v) is 4.88. The third kappa shape index (κ3) is 1.96. The predicted octanol–water partition coefficient (Wildman–Crippen LogP) is 2.35. The first kappa shape index (κ1) is 10.4. The quantitative estimate of drug-likeness (QED) is 0.738. The predicted molar refractivity (Wildman–Crippen MR) is 56.1 cm³/mol. The van der Waals surface area contributed by atoms with E-state index in [4.69, 9.17) is 4.74 Å².